The van der Waals surface area contributed by atoms with Gasteiger partial charge in [0, 0.05) is 17.3 Å². The molecule has 4 heteroatoms. The molecule has 0 radical (unpaired) electrons. The van der Waals surface area contributed by atoms with Gasteiger partial charge in [0.25, 0.3) is 0 Å². The molecular weight excluding hydrogens is 343 g/mol. The van der Waals surface area contributed by atoms with E-state index in [1.54, 1.807) is 0 Å². The van der Waals surface area contributed by atoms with Gasteiger partial charge in [-0.15, -0.1) is 0 Å². The van der Waals surface area contributed by atoms with Crippen LogP contribution in [-0.2, 0) is 4.57 Å². The topological polar surface area (TPSA) is 51.2 Å². The number of carbonyl (C=O) groups is 2. The quantitative estimate of drug-likeness (QED) is 0.410. The van der Waals surface area contributed by atoms with Crippen molar-refractivity contribution in [2.24, 2.45) is 5.92 Å². The van der Waals surface area contributed by atoms with Gasteiger partial charge in [-0.05, 0) is 63.8 Å². The number of ketones is 2. The second-order valence-corrected chi connectivity index (χ2v) is 8.04. The van der Waals surface area contributed by atoms with E-state index in [1.165, 1.54) is 0 Å². The van der Waals surface area contributed by atoms with Gasteiger partial charge in [0.05, 0.1) is 14.4 Å². The summed E-state index contributed by atoms with van der Waals surface area (Å²) in [5, 5.41) is 0. The van der Waals surface area contributed by atoms with E-state index >= 15 is 0 Å². The van der Waals surface area contributed by atoms with Gasteiger partial charge in [-0.25, -0.2) is 0 Å². The second-order valence-electron chi connectivity index (χ2n) is 7.23. The number of hydrogen-bond acceptors (Lipinski definition) is 3. The monoisotopic (exact) mass is 370 g/mol. The summed E-state index contributed by atoms with van der Waals surface area (Å²) in [4.78, 5) is 26.5. The first-order valence-electron chi connectivity index (χ1n) is 8.85. The molecule has 2 rings (SSSR count). The van der Waals surface area contributed by atoms with E-state index in [9.17, 15) is 14.2 Å². The van der Waals surface area contributed by atoms with Crippen molar-refractivity contribution in [1.82, 2.24) is 0 Å². The number of hydrogen-bond donors (Lipinski definition) is 0. The summed E-state index contributed by atoms with van der Waals surface area (Å²) in [6.45, 7) is 11.5. The van der Waals surface area contributed by atoms with E-state index in [0.29, 0.717) is 11.1 Å². The third-order valence-corrected chi connectivity index (χ3v) is 5.48. The summed E-state index contributed by atoms with van der Waals surface area (Å²) in [7, 11) is -1.19. The number of rotatable bonds is 6. The van der Waals surface area contributed by atoms with Gasteiger partial charge in [-0.2, -0.15) is 0 Å². The highest BCUT2D eigenvalue weighted by Crippen LogP contribution is 2.27. The van der Waals surface area contributed by atoms with Crippen LogP contribution in [0.2, 0.25) is 0 Å². The third kappa shape index (κ3) is 4.04. The lowest BCUT2D eigenvalue weighted by atomic mass is 9.84. The van der Waals surface area contributed by atoms with Crippen LogP contribution >= 0.6 is 8.46 Å². The average molecular weight is 370 g/mol. The van der Waals surface area contributed by atoms with Crippen molar-refractivity contribution < 1.29 is 14.2 Å². The van der Waals surface area contributed by atoms with Gasteiger partial charge in [-0.3, -0.25) is 9.59 Å². The lowest BCUT2D eigenvalue weighted by Crippen LogP contribution is -2.28. The van der Waals surface area contributed by atoms with Crippen molar-refractivity contribution in [1.29, 1.82) is 0 Å². The van der Waals surface area contributed by atoms with Crippen molar-refractivity contribution in [2.75, 3.05) is 6.16 Å². The molecule has 0 aliphatic carbocycles. The molecule has 0 bridgehead atoms. The maximum Gasteiger partial charge on any atom is 0.174 e. The predicted molar refractivity (Wildman–Crippen MR) is 109 cm³/mol. The molecule has 0 amide bonds. The molecule has 0 heterocycles. The molecule has 0 spiro atoms. The van der Waals surface area contributed by atoms with Crippen molar-refractivity contribution in [3.05, 3.63) is 68.8 Å². The van der Waals surface area contributed by atoms with Crippen molar-refractivity contribution in [2.45, 2.75) is 41.5 Å². The Labute approximate surface area is 157 Å². The van der Waals surface area contributed by atoms with E-state index in [1.807, 2.05) is 65.8 Å². The average Bonchev–Trinajstić information content (AvgIpc) is 2.50. The van der Waals surface area contributed by atoms with Crippen LogP contribution in [0.4, 0.5) is 0 Å². The normalized spacial score (nSPS) is 11.5. The molecule has 1 atom stereocenters. The van der Waals surface area contributed by atoms with Crippen LogP contribution in [0.15, 0.2) is 24.3 Å². The summed E-state index contributed by atoms with van der Waals surface area (Å²) < 4.78 is 11.4. The molecule has 2 aromatic rings. The Bertz CT molecular complexity index is 781. The van der Waals surface area contributed by atoms with Crippen LogP contribution in [0.5, 0.6) is 0 Å². The van der Waals surface area contributed by atoms with Crippen LogP contribution in [0, 0.1) is 47.5 Å². The minimum Gasteiger partial charge on any atom is -0.330 e. The fraction of sp³-hybridized carbons (Fsp3) is 0.364. The number of Topliss-reactive ketones (excluding diaryl/α,β-unsaturated/α-hetero) is 2. The van der Waals surface area contributed by atoms with Gasteiger partial charge in [-0.1, -0.05) is 35.4 Å². The van der Waals surface area contributed by atoms with E-state index in [-0.39, 0.29) is 17.7 Å². The molecule has 0 saturated carbocycles. The van der Waals surface area contributed by atoms with Crippen LogP contribution in [0.3, 0.4) is 0 Å². The Morgan fingerprint density at radius 3 is 1.31 bits per heavy atom. The molecule has 0 N–H and O–H groups in total. The highest BCUT2D eigenvalue weighted by Gasteiger charge is 2.31. The van der Waals surface area contributed by atoms with Gasteiger partial charge >= 0.3 is 0 Å². The van der Waals surface area contributed by atoms with E-state index in [0.717, 1.165) is 33.4 Å². The Balaban J connectivity index is 2.55. The zero-order valence-corrected chi connectivity index (χ0v) is 17.6. The Hall–Kier alpha value is -1.99. The molecule has 0 aliphatic rings. The van der Waals surface area contributed by atoms with Crippen LogP contribution < -0.4 is 0 Å². The van der Waals surface area contributed by atoms with Crippen molar-refractivity contribution in [3.8, 4) is 0 Å². The van der Waals surface area contributed by atoms with Crippen molar-refractivity contribution in [3.63, 3.8) is 0 Å². The summed E-state index contributed by atoms with van der Waals surface area (Å²) in [5.74, 6) is -1.32. The fourth-order valence-corrected chi connectivity index (χ4v) is 4.54. The molecule has 138 valence electrons. The predicted octanol–water partition coefficient (Wildman–Crippen LogP) is 4.98. The Morgan fingerprint density at radius 2 is 1.04 bits per heavy atom. The summed E-state index contributed by atoms with van der Waals surface area (Å²) in [6, 6.07) is 7.81. The van der Waals surface area contributed by atoms with E-state index in [2.05, 4.69) is 0 Å². The zero-order chi connectivity index (χ0) is 19.6. The molecule has 1 unspecified atom stereocenters. The lowest BCUT2D eigenvalue weighted by Gasteiger charge is -2.19. The molecule has 0 saturated heterocycles. The zero-order valence-electron chi connectivity index (χ0n) is 16.4. The maximum absolute atomic E-state index is 13.2. The third-order valence-electron chi connectivity index (χ3n) is 4.81. The van der Waals surface area contributed by atoms with Gasteiger partial charge in [0.1, 0.15) is 0 Å². The first kappa shape index (κ1) is 20.3. The van der Waals surface area contributed by atoms with Crippen LogP contribution in [0.1, 0.15) is 54.1 Å². The van der Waals surface area contributed by atoms with Gasteiger partial charge in [0.2, 0.25) is 0 Å². The fourth-order valence-electron chi connectivity index (χ4n) is 3.92. The van der Waals surface area contributed by atoms with Crippen LogP contribution in [0.25, 0.3) is 0 Å². The molecule has 3 nitrogen and oxygen atoms in total. The smallest absolute Gasteiger partial charge is 0.174 e. The van der Waals surface area contributed by atoms with Crippen LogP contribution in [-0.4, -0.2) is 17.7 Å². The minimum atomic E-state index is -1.19. The summed E-state index contributed by atoms with van der Waals surface area (Å²) in [6.07, 6.45) is 0.108. The highest BCUT2D eigenvalue weighted by atomic mass is 31.1. The maximum atomic E-state index is 13.2. The lowest BCUT2D eigenvalue weighted by molar-refractivity contribution is 0.0822. The molecule has 0 aromatic heterocycles. The number of aryl methyl sites for hydroxylation is 6. The Morgan fingerprint density at radius 1 is 0.731 bits per heavy atom. The second kappa shape index (κ2) is 8.14. The minimum absolute atomic E-state index is 0.108. The SMILES string of the molecule is Cc1cc(C)c(C(=O)C(C[PH2]=O)C(=O)c2c(C)cc(C)cc2C)c(C)c1. The van der Waals surface area contributed by atoms with E-state index in [4.69, 9.17) is 0 Å². The number of carbonyl (C=O) groups excluding carboxylic acids is 2. The Kier molecular flexibility index (Phi) is 6.36. The standard InChI is InChI=1S/C22H27O3P/c1-12-7-14(3)19(15(4)8-12)21(23)18(11-26-25)22(24)20-16(5)9-13(2)10-17(20)6/h7-10,18H,11,26H2,1-6H3. The van der Waals surface area contributed by atoms with Gasteiger partial charge in [0.15, 0.2) is 11.6 Å². The number of benzene rings is 2. The van der Waals surface area contributed by atoms with Gasteiger partial charge < -0.3 is 4.57 Å². The summed E-state index contributed by atoms with van der Waals surface area (Å²) >= 11 is 0. The summed E-state index contributed by atoms with van der Waals surface area (Å²) in [5.41, 5.74) is 6.80. The molecule has 0 fully saturated rings. The molecular formula is C22H27O3P. The first-order chi connectivity index (χ1) is 12.2. The highest BCUT2D eigenvalue weighted by molar-refractivity contribution is 7.23. The molecule has 26 heavy (non-hydrogen) atoms. The van der Waals surface area contributed by atoms with Crippen molar-refractivity contribution >= 4 is 20.0 Å². The van der Waals surface area contributed by atoms with E-state index < -0.39 is 14.4 Å². The first-order valence-corrected chi connectivity index (χ1v) is 10.1. The molecule has 0 aliphatic heterocycles. The molecule has 2 aromatic carbocycles. The largest absolute Gasteiger partial charge is 0.330 e.